The van der Waals surface area contributed by atoms with Crippen molar-refractivity contribution in [2.45, 2.75) is 38.1 Å². The Morgan fingerprint density at radius 2 is 2.12 bits per heavy atom. The van der Waals surface area contributed by atoms with Gasteiger partial charge in [-0.3, -0.25) is 9.69 Å². The van der Waals surface area contributed by atoms with Crippen molar-refractivity contribution in [2.24, 2.45) is 5.92 Å². The molecule has 0 unspecified atom stereocenters. The van der Waals surface area contributed by atoms with E-state index in [1.54, 1.807) is 0 Å². The molecule has 2 fully saturated rings. The summed E-state index contributed by atoms with van der Waals surface area (Å²) in [6.07, 6.45) is 5.03. The highest BCUT2D eigenvalue weighted by Crippen LogP contribution is 2.23. The van der Waals surface area contributed by atoms with E-state index in [-0.39, 0.29) is 11.8 Å². The molecule has 2 aliphatic heterocycles. The van der Waals surface area contributed by atoms with Crippen molar-refractivity contribution in [3.63, 3.8) is 0 Å². The van der Waals surface area contributed by atoms with Crippen LogP contribution in [0.25, 0.3) is 11.0 Å². The Morgan fingerprint density at radius 1 is 1.27 bits per heavy atom. The van der Waals surface area contributed by atoms with Gasteiger partial charge in [-0.1, -0.05) is 12.1 Å². The molecule has 0 radical (unpaired) electrons. The van der Waals surface area contributed by atoms with Crippen molar-refractivity contribution in [3.8, 4) is 0 Å². The van der Waals surface area contributed by atoms with Gasteiger partial charge in [-0.2, -0.15) is 0 Å². The fraction of sp³-hybridized carbons (Fsp3) is 0.600. The number of aromatic amines is 1. The number of hydrogen-bond donors (Lipinski definition) is 2. The second kappa shape index (κ2) is 8.18. The number of hydrogen-bond acceptors (Lipinski definition) is 4. The van der Waals surface area contributed by atoms with Crippen LogP contribution in [-0.4, -0.2) is 59.7 Å². The molecule has 6 heteroatoms. The van der Waals surface area contributed by atoms with Crippen LogP contribution in [0.1, 0.15) is 31.5 Å². The van der Waals surface area contributed by atoms with Crippen LogP contribution in [0.2, 0.25) is 0 Å². The number of ether oxygens (including phenoxy) is 1. The topological polar surface area (TPSA) is 70.2 Å². The van der Waals surface area contributed by atoms with Gasteiger partial charge in [-0.25, -0.2) is 4.98 Å². The van der Waals surface area contributed by atoms with Crippen LogP contribution in [0.4, 0.5) is 0 Å². The monoisotopic (exact) mass is 356 g/mol. The van der Waals surface area contributed by atoms with Crippen molar-refractivity contribution >= 4 is 16.9 Å². The number of nitrogens with one attached hydrogen (secondary N) is 2. The smallest absolute Gasteiger partial charge is 0.224 e. The van der Waals surface area contributed by atoms with Gasteiger partial charge < -0.3 is 15.0 Å². The second-order valence-electron chi connectivity index (χ2n) is 7.42. The molecule has 4 rings (SSSR count). The van der Waals surface area contributed by atoms with Gasteiger partial charge in [-0.15, -0.1) is 0 Å². The third-order valence-electron chi connectivity index (χ3n) is 5.63. The Morgan fingerprint density at radius 3 is 2.96 bits per heavy atom. The summed E-state index contributed by atoms with van der Waals surface area (Å²) in [4.78, 5) is 23.0. The fourth-order valence-corrected chi connectivity index (χ4v) is 4.17. The predicted molar refractivity (Wildman–Crippen MR) is 101 cm³/mol. The van der Waals surface area contributed by atoms with E-state index in [0.717, 1.165) is 75.3 Å². The summed E-state index contributed by atoms with van der Waals surface area (Å²) in [5, 5.41) is 3.12. The van der Waals surface area contributed by atoms with E-state index in [1.165, 1.54) is 0 Å². The molecule has 26 heavy (non-hydrogen) atoms. The highest BCUT2D eigenvalue weighted by molar-refractivity contribution is 5.79. The van der Waals surface area contributed by atoms with Crippen molar-refractivity contribution in [3.05, 3.63) is 30.1 Å². The highest BCUT2D eigenvalue weighted by Gasteiger charge is 2.30. The Hall–Kier alpha value is -1.92. The van der Waals surface area contributed by atoms with E-state index < -0.39 is 0 Å². The molecule has 1 aromatic carbocycles. The zero-order chi connectivity index (χ0) is 17.8. The molecule has 0 bridgehead atoms. The molecule has 0 spiro atoms. The lowest BCUT2D eigenvalue weighted by molar-refractivity contribution is -0.127. The first kappa shape index (κ1) is 17.5. The molecule has 0 aliphatic carbocycles. The van der Waals surface area contributed by atoms with Gasteiger partial charge in [0.2, 0.25) is 5.91 Å². The molecule has 3 heterocycles. The Kier molecular flexibility index (Phi) is 5.51. The number of carbonyl (C=O) groups excluding carboxylic acids is 1. The van der Waals surface area contributed by atoms with Crippen LogP contribution < -0.4 is 5.32 Å². The minimum Gasteiger partial charge on any atom is -0.381 e. The molecule has 1 aromatic heterocycles. The first-order chi connectivity index (χ1) is 12.8. The number of benzene rings is 1. The maximum atomic E-state index is 12.6. The maximum absolute atomic E-state index is 12.6. The Bertz CT molecular complexity index is 705. The molecule has 1 atom stereocenters. The van der Waals surface area contributed by atoms with Crippen LogP contribution in [0.3, 0.4) is 0 Å². The van der Waals surface area contributed by atoms with Gasteiger partial charge in [-0.05, 0) is 44.4 Å². The van der Waals surface area contributed by atoms with Crippen molar-refractivity contribution in [2.75, 3.05) is 32.8 Å². The van der Waals surface area contributed by atoms with Gasteiger partial charge in [0, 0.05) is 38.8 Å². The third kappa shape index (κ3) is 4.07. The Balaban J connectivity index is 1.26. The van der Waals surface area contributed by atoms with Crippen LogP contribution in [0.5, 0.6) is 0 Å². The molecule has 140 valence electrons. The normalized spacial score (nSPS) is 22.5. The number of nitrogens with zero attached hydrogens (tertiary/aromatic N) is 2. The van der Waals surface area contributed by atoms with Gasteiger partial charge in [0.1, 0.15) is 5.82 Å². The van der Waals surface area contributed by atoms with E-state index in [0.29, 0.717) is 12.6 Å². The summed E-state index contributed by atoms with van der Waals surface area (Å²) in [5.74, 6) is 1.24. The number of likely N-dealkylation sites (tertiary alicyclic amines) is 1. The van der Waals surface area contributed by atoms with Gasteiger partial charge >= 0.3 is 0 Å². The average molecular weight is 356 g/mol. The number of imidazole rings is 1. The predicted octanol–water partition coefficient (Wildman–Crippen LogP) is 2.11. The molecular weight excluding hydrogens is 328 g/mol. The molecule has 2 N–H and O–H groups in total. The van der Waals surface area contributed by atoms with E-state index in [4.69, 9.17) is 4.74 Å². The molecule has 2 saturated heterocycles. The molecule has 0 saturated carbocycles. The molecule has 2 aromatic rings. The summed E-state index contributed by atoms with van der Waals surface area (Å²) in [6, 6.07) is 8.61. The lowest BCUT2D eigenvalue weighted by Crippen LogP contribution is -2.48. The summed E-state index contributed by atoms with van der Waals surface area (Å²) in [5.41, 5.74) is 2.03. The van der Waals surface area contributed by atoms with Crippen LogP contribution >= 0.6 is 0 Å². The minimum atomic E-state index is 0.113. The first-order valence-electron chi connectivity index (χ1n) is 9.83. The standard InChI is InChI=1S/C20H28N4O2/c25-20(15-4-3-11-24(14-15)16-8-12-26-13-9-16)21-10-7-19-22-17-5-1-2-6-18(17)23-19/h1-2,5-6,15-16H,3-4,7-14H2,(H,21,25)(H,22,23)/t15-/m1/s1. The van der Waals surface area contributed by atoms with Crippen molar-refractivity contribution in [1.82, 2.24) is 20.2 Å². The Labute approximate surface area is 154 Å². The molecule has 2 aliphatic rings. The van der Waals surface area contributed by atoms with Crippen LogP contribution in [-0.2, 0) is 16.0 Å². The number of piperidine rings is 1. The average Bonchev–Trinajstić information content (AvgIpc) is 3.11. The maximum Gasteiger partial charge on any atom is 0.224 e. The summed E-state index contributed by atoms with van der Waals surface area (Å²) >= 11 is 0. The third-order valence-corrected chi connectivity index (χ3v) is 5.63. The zero-order valence-electron chi connectivity index (χ0n) is 15.2. The van der Waals surface area contributed by atoms with Crippen molar-refractivity contribution < 1.29 is 9.53 Å². The fourth-order valence-electron chi connectivity index (χ4n) is 4.17. The van der Waals surface area contributed by atoms with Crippen molar-refractivity contribution in [1.29, 1.82) is 0 Å². The van der Waals surface area contributed by atoms with Gasteiger partial charge in [0.15, 0.2) is 0 Å². The van der Waals surface area contributed by atoms with Crippen LogP contribution in [0.15, 0.2) is 24.3 Å². The van der Waals surface area contributed by atoms with Crippen LogP contribution in [0, 0.1) is 5.92 Å². The SMILES string of the molecule is O=C(NCCc1nc2ccccc2[nH]1)[C@@H]1CCCN(C2CCOCC2)C1. The summed E-state index contributed by atoms with van der Waals surface area (Å²) in [7, 11) is 0. The quantitative estimate of drug-likeness (QED) is 0.861. The van der Waals surface area contributed by atoms with E-state index in [2.05, 4.69) is 20.2 Å². The van der Waals surface area contributed by atoms with E-state index in [1.807, 2.05) is 24.3 Å². The summed E-state index contributed by atoms with van der Waals surface area (Å²) < 4.78 is 5.47. The van der Waals surface area contributed by atoms with Gasteiger partial charge in [0.25, 0.3) is 0 Å². The lowest BCUT2D eigenvalue weighted by Gasteiger charge is -2.39. The molecule has 1 amide bonds. The van der Waals surface area contributed by atoms with E-state index >= 15 is 0 Å². The first-order valence-corrected chi connectivity index (χ1v) is 9.83. The van der Waals surface area contributed by atoms with E-state index in [9.17, 15) is 4.79 Å². The summed E-state index contributed by atoms with van der Waals surface area (Å²) in [6.45, 7) is 4.35. The zero-order valence-corrected chi connectivity index (χ0v) is 15.2. The molecule has 6 nitrogen and oxygen atoms in total. The number of fused-ring (bicyclic) bond motifs is 1. The largest absolute Gasteiger partial charge is 0.381 e. The number of aromatic nitrogens is 2. The number of amides is 1. The second-order valence-corrected chi connectivity index (χ2v) is 7.42. The number of rotatable bonds is 5. The number of H-pyrrole nitrogens is 1. The lowest BCUT2D eigenvalue weighted by atomic mass is 9.94. The molecular formula is C20H28N4O2. The van der Waals surface area contributed by atoms with Gasteiger partial charge in [0.05, 0.1) is 17.0 Å². The number of carbonyl (C=O) groups is 1. The minimum absolute atomic E-state index is 0.113. The number of para-hydroxylation sites is 2. The highest BCUT2D eigenvalue weighted by atomic mass is 16.5.